The Bertz CT molecular complexity index is 512. The van der Waals surface area contributed by atoms with Crippen LogP contribution in [0.3, 0.4) is 0 Å². The molecule has 1 heteroatoms. The molecule has 0 aliphatic carbocycles. The van der Waals surface area contributed by atoms with Crippen LogP contribution in [0, 0.1) is 13.8 Å². The largest absolute Gasteiger partial charge is 0.330 e. The van der Waals surface area contributed by atoms with Crippen LogP contribution in [0.5, 0.6) is 0 Å². The van der Waals surface area contributed by atoms with E-state index in [9.17, 15) is 0 Å². The second kappa shape index (κ2) is 5.83. The molecule has 94 valence electrons. The van der Waals surface area contributed by atoms with Gasteiger partial charge in [-0.1, -0.05) is 48.0 Å². The molecule has 0 aliphatic rings. The van der Waals surface area contributed by atoms with Gasteiger partial charge in [-0.15, -0.1) is 0 Å². The van der Waals surface area contributed by atoms with E-state index in [0.29, 0.717) is 0 Å². The first-order chi connectivity index (χ1) is 8.69. The molecular formula is C17H21N. The lowest BCUT2D eigenvalue weighted by atomic mass is 9.98. The molecule has 2 N–H and O–H groups in total. The van der Waals surface area contributed by atoms with Crippen molar-refractivity contribution in [2.24, 2.45) is 5.73 Å². The van der Waals surface area contributed by atoms with Gasteiger partial charge in [-0.25, -0.2) is 0 Å². The van der Waals surface area contributed by atoms with Crippen molar-refractivity contribution >= 4 is 0 Å². The zero-order valence-electron chi connectivity index (χ0n) is 11.2. The van der Waals surface area contributed by atoms with Crippen LogP contribution >= 0.6 is 0 Å². The fourth-order valence-electron chi connectivity index (χ4n) is 2.25. The summed E-state index contributed by atoms with van der Waals surface area (Å²) in [6.07, 6.45) is 1.97. The lowest BCUT2D eigenvalue weighted by molar-refractivity contribution is 0.966. The predicted octanol–water partition coefficient (Wildman–Crippen LogP) is 3.40. The van der Waals surface area contributed by atoms with Gasteiger partial charge in [-0.05, 0) is 55.5 Å². The molecule has 0 heterocycles. The molecule has 0 amide bonds. The smallest absolute Gasteiger partial charge is 0.00231 e. The Hall–Kier alpha value is -1.60. The maximum Gasteiger partial charge on any atom is -0.00231 e. The molecule has 0 aliphatic heterocycles. The lowest BCUT2D eigenvalue weighted by Crippen LogP contribution is -2.02. The SMILES string of the molecule is Cc1ccc(Cc2ccc(CCN)cc2)c(C)c1. The molecule has 2 aromatic carbocycles. The highest BCUT2D eigenvalue weighted by molar-refractivity contribution is 5.35. The predicted molar refractivity (Wildman–Crippen MR) is 77.9 cm³/mol. The van der Waals surface area contributed by atoms with Crippen molar-refractivity contribution < 1.29 is 0 Å². The molecule has 1 nitrogen and oxygen atoms in total. The molecular weight excluding hydrogens is 218 g/mol. The van der Waals surface area contributed by atoms with E-state index in [-0.39, 0.29) is 0 Å². The van der Waals surface area contributed by atoms with Crippen molar-refractivity contribution in [3.8, 4) is 0 Å². The summed E-state index contributed by atoms with van der Waals surface area (Å²) < 4.78 is 0. The molecule has 0 spiro atoms. The third-order valence-corrected chi connectivity index (χ3v) is 3.35. The first kappa shape index (κ1) is 12.8. The average Bonchev–Trinajstić information content (AvgIpc) is 2.35. The van der Waals surface area contributed by atoms with Crippen LogP contribution in [0.15, 0.2) is 42.5 Å². The summed E-state index contributed by atoms with van der Waals surface area (Å²) in [5, 5.41) is 0. The molecule has 0 fully saturated rings. The van der Waals surface area contributed by atoms with E-state index in [4.69, 9.17) is 5.73 Å². The first-order valence-electron chi connectivity index (χ1n) is 6.53. The number of nitrogens with two attached hydrogens (primary N) is 1. The summed E-state index contributed by atoms with van der Waals surface area (Å²) in [5.74, 6) is 0. The van der Waals surface area contributed by atoms with Gasteiger partial charge in [0.05, 0.1) is 0 Å². The van der Waals surface area contributed by atoms with Crippen molar-refractivity contribution in [2.75, 3.05) is 6.54 Å². The standard InChI is InChI=1S/C17H21N/c1-13-3-8-17(14(2)11-13)12-16-6-4-15(5-7-16)9-10-18/h3-8,11H,9-10,12,18H2,1-2H3. The number of benzene rings is 2. The van der Waals surface area contributed by atoms with Crippen LogP contribution < -0.4 is 5.73 Å². The molecule has 0 bridgehead atoms. The number of aryl methyl sites for hydroxylation is 2. The van der Waals surface area contributed by atoms with Crippen LogP contribution in [-0.4, -0.2) is 6.54 Å². The van der Waals surface area contributed by atoms with E-state index in [1.165, 1.54) is 27.8 Å². The molecule has 18 heavy (non-hydrogen) atoms. The third kappa shape index (κ3) is 3.21. The quantitative estimate of drug-likeness (QED) is 0.869. The van der Waals surface area contributed by atoms with Crippen molar-refractivity contribution in [1.82, 2.24) is 0 Å². The Morgan fingerprint density at radius 2 is 1.56 bits per heavy atom. The summed E-state index contributed by atoms with van der Waals surface area (Å²) in [6, 6.07) is 15.5. The van der Waals surface area contributed by atoms with Gasteiger partial charge in [0.1, 0.15) is 0 Å². The highest BCUT2D eigenvalue weighted by Crippen LogP contribution is 2.16. The molecule has 2 aromatic rings. The maximum absolute atomic E-state index is 5.56. The normalized spacial score (nSPS) is 10.6. The molecule has 0 saturated carbocycles. The Labute approximate surface area is 110 Å². The average molecular weight is 239 g/mol. The van der Waals surface area contributed by atoms with E-state index >= 15 is 0 Å². The van der Waals surface area contributed by atoms with Crippen LogP contribution in [-0.2, 0) is 12.8 Å². The molecule has 0 unspecified atom stereocenters. The van der Waals surface area contributed by atoms with Crippen molar-refractivity contribution in [3.05, 3.63) is 70.3 Å². The molecule has 2 rings (SSSR count). The van der Waals surface area contributed by atoms with E-state index in [2.05, 4.69) is 56.3 Å². The summed E-state index contributed by atoms with van der Waals surface area (Å²) in [4.78, 5) is 0. The second-order valence-corrected chi connectivity index (χ2v) is 4.96. The minimum absolute atomic E-state index is 0.719. The van der Waals surface area contributed by atoms with E-state index in [0.717, 1.165) is 19.4 Å². The van der Waals surface area contributed by atoms with Gasteiger partial charge < -0.3 is 5.73 Å². The van der Waals surface area contributed by atoms with Gasteiger partial charge in [-0.3, -0.25) is 0 Å². The monoisotopic (exact) mass is 239 g/mol. The topological polar surface area (TPSA) is 26.0 Å². The molecule has 0 aromatic heterocycles. The van der Waals surface area contributed by atoms with Gasteiger partial charge in [0.2, 0.25) is 0 Å². The van der Waals surface area contributed by atoms with E-state index in [1.54, 1.807) is 0 Å². The minimum atomic E-state index is 0.719. The van der Waals surface area contributed by atoms with Gasteiger partial charge >= 0.3 is 0 Å². The fourth-order valence-corrected chi connectivity index (χ4v) is 2.25. The van der Waals surface area contributed by atoms with E-state index in [1.807, 2.05) is 0 Å². The van der Waals surface area contributed by atoms with Crippen molar-refractivity contribution in [1.29, 1.82) is 0 Å². The number of rotatable bonds is 4. The zero-order valence-corrected chi connectivity index (χ0v) is 11.2. The second-order valence-electron chi connectivity index (χ2n) is 4.96. The van der Waals surface area contributed by atoms with Gasteiger partial charge in [-0.2, -0.15) is 0 Å². The summed E-state index contributed by atoms with van der Waals surface area (Å²) in [5.41, 5.74) is 12.4. The number of hydrogen-bond acceptors (Lipinski definition) is 1. The third-order valence-electron chi connectivity index (χ3n) is 3.35. The summed E-state index contributed by atoms with van der Waals surface area (Å²) in [6.45, 7) is 5.04. The van der Waals surface area contributed by atoms with Gasteiger partial charge in [0, 0.05) is 0 Å². The fraction of sp³-hybridized carbons (Fsp3) is 0.294. The van der Waals surface area contributed by atoms with E-state index < -0.39 is 0 Å². The van der Waals surface area contributed by atoms with Crippen molar-refractivity contribution in [2.45, 2.75) is 26.7 Å². The summed E-state index contributed by atoms with van der Waals surface area (Å²) in [7, 11) is 0. The van der Waals surface area contributed by atoms with Gasteiger partial charge in [0.15, 0.2) is 0 Å². The Morgan fingerprint density at radius 1 is 0.889 bits per heavy atom. The van der Waals surface area contributed by atoms with Crippen LogP contribution in [0.1, 0.15) is 27.8 Å². The molecule has 0 radical (unpaired) electrons. The zero-order chi connectivity index (χ0) is 13.0. The molecule has 0 saturated heterocycles. The van der Waals surface area contributed by atoms with Gasteiger partial charge in [0.25, 0.3) is 0 Å². The minimum Gasteiger partial charge on any atom is -0.330 e. The highest BCUT2D eigenvalue weighted by atomic mass is 14.5. The summed E-state index contributed by atoms with van der Waals surface area (Å²) >= 11 is 0. The maximum atomic E-state index is 5.56. The van der Waals surface area contributed by atoms with Crippen LogP contribution in [0.4, 0.5) is 0 Å². The van der Waals surface area contributed by atoms with Crippen LogP contribution in [0.25, 0.3) is 0 Å². The van der Waals surface area contributed by atoms with Crippen LogP contribution in [0.2, 0.25) is 0 Å². The van der Waals surface area contributed by atoms with Crippen molar-refractivity contribution in [3.63, 3.8) is 0 Å². The Morgan fingerprint density at radius 3 is 2.17 bits per heavy atom. The lowest BCUT2D eigenvalue weighted by Gasteiger charge is -2.08. The Balaban J connectivity index is 2.13. The first-order valence-corrected chi connectivity index (χ1v) is 6.53. The molecule has 0 atom stereocenters. The Kier molecular flexibility index (Phi) is 4.16. The highest BCUT2D eigenvalue weighted by Gasteiger charge is 2.01. The number of hydrogen-bond donors (Lipinski definition) is 1.